The number of carbonyl (C=O) groups is 2. The molecule has 0 spiro atoms. The summed E-state index contributed by atoms with van der Waals surface area (Å²) in [6.07, 6.45) is 3.17. The summed E-state index contributed by atoms with van der Waals surface area (Å²) in [6, 6.07) is 10.8. The van der Waals surface area contributed by atoms with Crippen molar-refractivity contribution < 1.29 is 9.59 Å². The molecule has 4 rings (SSSR count). The number of nitrogens with one attached hydrogen (secondary N) is 1. The van der Waals surface area contributed by atoms with Gasteiger partial charge in [-0.2, -0.15) is 5.10 Å². The summed E-state index contributed by atoms with van der Waals surface area (Å²) in [5, 5.41) is 10.1. The van der Waals surface area contributed by atoms with Gasteiger partial charge in [0.05, 0.1) is 33.6 Å². The molecule has 1 unspecified atom stereocenters. The lowest BCUT2D eigenvalue weighted by atomic mass is 9.97. The van der Waals surface area contributed by atoms with Gasteiger partial charge >= 0.3 is 0 Å². The van der Waals surface area contributed by atoms with Crippen LogP contribution in [-0.2, 0) is 11.3 Å². The predicted molar refractivity (Wildman–Crippen MR) is 119 cm³/mol. The van der Waals surface area contributed by atoms with Crippen molar-refractivity contribution in [3.63, 3.8) is 0 Å². The zero-order chi connectivity index (χ0) is 21.1. The molecule has 1 N–H and O–H groups in total. The van der Waals surface area contributed by atoms with Crippen LogP contribution in [0, 0.1) is 5.92 Å². The van der Waals surface area contributed by atoms with E-state index in [1.807, 2.05) is 29.6 Å². The molecule has 3 aromatic rings. The van der Waals surface area contributed by atoms with Crippen LogP contribution in [0.5, 0.6) is 0 Å². The second-order valence-corrected chi connectivity index (χ2v) is 8.88. The van der Waals surface area contributed by atoms with E-state index in [2.05, 4.69) is 10.4 Å². The number of halogens is 2. The van der Waals surface area contributed by atoms with Crippen molar-refractivity contribution in [1.82, 2.24) is 14.7 Å². The molecule has 30 heavy (non-hydrogen) atoms. The topological polar surface area (TPSA) is 67.2 Å². The molecular weight excluding hydrogens is 443 g/mol. The number of hydrogen-bond donors (Lipinski definition) is 1. The molecule has 1 aliphatic rings. The second kappa shape index (κ2) is 9.20. The molecule has 2 amide bonds. The lowest BCUT2D eigenvalue weighted by molar-refractivity contribution is -0.121. The molecule has 0 bridgehead atoms. The van der Waals surface area contributed by atoms with Crippen LogP contribution in [0.15, 0.2) is 48.0 Å². The average molecular weight is 463 g/mol. The maximum atomic E-state index is 12.9. The Labute approximate surface area is 188 Å². The first-order chi connectivity index (χ1) is 14.5. The fraction of sp³-hybridized carbons (Fsp3) is 0.286. The highest BCUT2D eigenvalue weighted by Crippen LogP contribution is 2.27. The molecule has 1 saturated heterocycles. The van der Waals surface area contributed by atoms with Crippen molar-refractivity contribution in [2.24, 2.45) is 5.92 Å². The van der Waals surface area contributed by atoms with Crippen molar-refractivity contribution in [1.29, 1.82) is 0 Å². The number of hydrogen-bond acceptors (Lipinski definition) is 4. The van der Waals surface area contributed by atoms with Gasteiger partial charge in [-0.3, -0.25) is 9.59 Å². The maximum Gasteiger partial charge on any atom is 0.263 e. The maximum absolute atomic E-state index is 12.9. The molecule has 6 nitrogen and oxygen atoms in total. The van der Waals surface area contributed by atoms with Gasteiger partial charge < -0.3 is 10.2 Å². The van der Waals surface area contributed by atoms with Crippen LogP contribution >= 0.6 is 34.5 Å². The van der Waals surface area contributed by atoms with Gasteiger partial charge in [-0.15, -0.1) is 11.3 Å². The number of piperidine rings is 1. The van der Waals surface area contributed by atoms with Crippen LogP contribution in [0.3, 0.4) is 0 Å². The van der Waals surface area contributed by atoms with E-state index in [1.165, 1.54) is 11.3 Å². The molecule has 0 radical (unpaired) electrons. The molecule has 1 aliphatic heterocycles. The van der Waals surface area contributed by atoms with Crippen LogP contribution in [-0.4, -0.2) is 39.6 Å². The molecular formula is C21H20Cl2N4O2S. The molecule has 0 aliphatic carbocycles. The van der Waals surface area contributed by atoms with E-state index in [9.17, 15) is 9.59 Å². The highest BCUT2D eigenvalue weighted by molar-refractivity contribution is 7.12. The monoisotopic (exact) mass is 462 g/mol. The molecule has 1 aromatic carbocycles. The van der Waals surface area contributed by atoms with E-state index >= 15 is 0 Å². The zero-order valence-corrected chi connectivity index (χ0v) is 18.4. The smallest absolute Gasteiger partial charge is 0.263 e. The van der Waals surface area contributed by atoms with Crippen molar-refractivity contribution in [2.45, 2.75) is 19.4 Å². The van der Waals surface area contributed by atoms with Crippen LogP contribution in [0.2, 0.25) is 10.0 Å². The van der Waals surface area contributed by atoms with E-state index in [4.69, 9.17) is 23.2 Å². The molecule has 2 aromatic heterocycles. The summed E-state index contributed by atoms with van der Waals surface area (Å²) in [5.41, 5.74) is 0.814. The Hall–Kier alpha value is -2.35. The minimum atomic E-state index is -0.263. The van der Waals surface area contributed by atoms with E-state index in [1.54, 1.807) is 27.9 Å². The quantitative estimate of drug-likeness (QED) is 0.592. The molecule has 1 fully saturated rings. The summed E-state index contributed by atoms with van der Waals surface area (Å²) in [4.78, 5) is 28.0. The number of anilines is 1. The first-order valence-corrected chi connectivity index (χ1v) is 11.2. The molecule has 0 saturated carbocycles. The third-order valence-electron chi connectivity index (χ3n) is 5.13. The Morgan fingerprint density at radius 2 is 2.07 bits per heavy atom. The van der Waals surface area contributed by atoms with Crippen LogP contribution < -0.4 is 5.32 Å². The van der Waals surface area contributed by atoms with Gasteiger partial charge in [-0.25, -0.2) is 4.68 Å². The van der Waals surface area contributed by atoms with Crippen molar-refractivity contribution >= 4 is 52.2 Å². The number of benzene rings is 1. The summed E-state index contributed by atoms with van der Waals surface area (Å²) in [7, 11) is 0. The summed E-state index contributed by atoms with van der Waals surface area (Å²) in [5.74, 6) is 0.194. The highest BCUT2D eigenvalue weighted by atomic mass is 35.5. The SMILES string of the molecule is O=C(Nc1ccnn1Cc1cccc(Cl)c1Cl)C1CCCN(C(=O)c2cccs2)C1. The predicted octanol–water partition coefficient (Wildman–Crippen LogP) is 4.79. The van der Waals surface area contributed by atoms with Gasteiger partial charge in [0.25, 0.3) is 5.91 Å². The first-order valence-electron chi connectivity index (χ1n) is 9.61. The Kier molecular flexibility index (Phi) is 6.41. The molecule has 9 heteroatoms. The Balaban J connectivity index is 1.42. The minimum absolute atomic E-state index is 0.0110. The number of aromatic nitrogens is 2. The first kappa shape index (κ1) is 20.9. The largest absolute Gasteiger partial charge is 0.337 e. The van der Waals surface area contributed by atoms with E-state index < -0.39 is 0 Å². The average Bonchev–Trinajstić information content (AvgIpc) is 3.44. The summed E-state index contributed by atoms with van der Waals surface area (Å²) >= 11 is 13.8. The molecule has 156 valence electrons. The van der Waals surface area contributed by atoms with Crippen molar-refractivity contribution in [2.75, 3.05) is 18.4 Å². The van der Waals surface area contributed by atoms with Gasteiger partial charge in [0.1, 0.15) is 5.82 Å². The third kappa shape index (κ3) is 4.53. The zero-order valence-electron chi connectivity index (χ0n) is 16.1. The second-order valence-electron chi connectivity index (χ2n) is 7.14. The van der Waals surface area contributed by atoms with Gasteiger partial charge in [0.15, 0.2) is 0 Å². The molecule has 3 heterocycles. The number of thiophene rings is 1. The van der Waals surface area contributed by atoms with Crippen LogP contribution in [0.25, 0.3) is 0 Å². The highest BCUT2D eigenvalue weighted by Gasteiger charge is 2.29. The van der Waals surface area contributed by atoms with E-state index in [-0.39, 0.29) is 17.7 Å². The lowest BCUT2D eigenvalue weighted by Gasteiger charge is -2.31. The summed E-state index contributed by atoms with van der Waals surface area (Å²) in [6.45, 7) is 1.47. The number of rotatable bonds is 5. The standard InChI is InChI=1S/C21H20Cl2N4O2S/c22-16-6-1-4-14(19(16)23)13-27-18(8-9-24-27)25-20(28)15-5-2-10-26(12-15)21(29)17-7-3-11-30-17/h1,3-4,6-9,11,15H,2,5,10,12-13H2,(H,25,28). The van der Waals surface area contributed by atoms with Gasteiger partial charge in [0, 0.05) is 19.2 Å². The Bertz CT molecular complexity index is 1050. The fourth-order valence-corrected chi connectivity index (χ4v) is 4.63. The normalized spacial score (nSPS) is 16.5. The lowest BCUT2D eigenvalue weighted by Crippen LogP contribution is -2.43. The van der Waals surface area contributed by atoms with E-state index in [0.29, 0.717) is 40.4 Å². The summed E-state index contributed by atoms with van der Waals surface area (Å²) < 4.78 is 1.67. The van der Waals surface area contributed by atoms with Crippen LogP contribution in [0.1, 0.15) is 28.1 Å². The van der Waals surface area contributed by atoms with Gasteiger partial charge in [-0.05, 0) is 35.9 Å². The third-order valence-corrected chi connectivity index (χ3v) is 6.85. The number of nitrogens with zero attached hydrogens (tertiary/aromatic N) is 3. The van der Waals surface area contributed by atoms with Crippen molar-refractivity contribution in [3.05, 3.63) is 68.5 Å². The Morgan fingerprint density at radius 3 is 2.87 bits per heavy atom. The van der Waals surface area contributed by atoms with Crippen molar-refractivity contribution in [3.8, 4) is 0 Å². The Morgan fingerprint density at radius 1 is 1.20 bits per heavy atom. The van der Waals surface area contributed by atoms with Gasteiger partial charge in [-0.1, -0.05) is 41.4 Å². The molecule has 1 atom stereocenters. The number of amides is 2. The number of carbonyl (C=O) groups excluding carboxylic acids is 2. The van der Waals surface area contributed by atoms with Crippen LogP contribution in [0.4, 0.5) is 5.82 Å². The fourth-order valence-electron chi connectivity index (χ4n) is 3.56. The van der Waals surface area contributed by atoms with E-state index in [0.717, 1.165) is 18.4 Å². The number of likely N-dealkylation sites (tertiary alicyclic amines) is 1. The van der Waals surface area contributed by atoms with Gasteiger partial charge in [0.2, 0.25) is 5.91 Å². The minimum Gasteiger partial charge on any atom is -0.337 e.